The third-order valence-corrected chi connectivity index (χ3v) is 4.77. The average molecular weight is 318 g/mol. The minimum Gasteiger partial charge on any atom is -0.394 e. The number of rotatable bonds is 2. The van der Waals surface area contributed by atoms with Gasteiger partial charge in [-0.25, -0.2) is 4.98 Å². The number of imidazole rings is 1. The predicted octanol–water partition coefficient (Wildman–Crippen LogP) is 2.06. The van der Waals surface area contributed by atoms with Crippen LogP contribution in [0.4, 0.5) is 0 Å². The molecule has 6 heteroatoms. The van der Waals surface area contributed by atoms with E-state index in [0.717, 1.165) is 11.0 Å². The minimum absolute atomic E-state index is 0.0954. The molecule has 3 heterocycles. The van der Waals surface area contributed by atoms with Crippen molar-refractivity contribution in [1.29, 1.82) is 0 Å². The number of nitrogens with zero attached hydrogens (tertiary/aromatic N) is 2. The molecule has 0 spiro atoms. The van der Waals surface area contributed by atoms with E-state index in [9.17, 15) is 5.11 Å². The molecule has 4 unspecified atom stereocenters. The number of ether oxygens (including phenoxy) is 3. The van der Waals surface area contributed by atoms with E-state index >= 15 is 0 Å². The van der Waals surface area contributed by atoms with E-state index in [1.165, 1.54) is 11.1 Å². The van der Waals surface area contributed by atoms with Gasteiger partial charge in [-0.1, -0.05) is 0 Å². The summed E-state index contributed by atoms with van der Waals surface area (Å²) < 4.78 is 20.0. The Kier molecular flexibility index (Phi) is 3.29. The van der Waals surface area contributed by atoms with E-state index < -0.39 is 11.9 Å². The maximum Gasteiger partial charge on any atom is 0.165 e. The van der Waals surface area contributed by atoms with E-state index in [2.05, 4.69) is 31.0 Å². The first kappa shape index (κ1) is 15.1. The lowest BCUT2D eigenvalue weighted by Crippen LogP contribution is -2.31. The highest BCUT2D eigenvalue weighted by molar-refractivity contribution is 5.77. The zero-order valence-electron chi connectivity index (χ0n) is 13.8. The van der Waals surface area contributed by atoms with Crippen molar-refractivity contribution >= 4 is 11.0 Å². The van der Waals surface area contributed by atoms with Gasteiger partial charge < -0.3 is 23.9 Å². The van der Waals surface area contributed by atoms with E-state index in [4.69, 9.17) is 14.2 Å². The van der Waals surface area contributed by atoms with E-state index in [0.29, 0.717) is 0 Å². The predicted molar refractivity (Wildman–Crippen MR) is 84.0 cm³/mol. The Morgan fingerprint density at radius 1 is 1.17 bits per heavy atom. The molecular weight excluding hydrogens is 296 g/mol. The summed E-state index contributed by atoms with van der Waals surface area (Å²) in [7, 11) is 0. The highest BCUT2D eigenvalue weighted by atomic mass is 16.8. The highest BCUT2D eigenvalue weighted by Gasteiger charge is 2.55. The normalized spacial score (nSPS) is 32.6. The molecule has 0 saturated carbocycles. The quantitative estimate of drug-likeness (QED) is 0.918. The molecule has 0 amide bonds. The third kappa shape index (κ3) is 2.29. The maximum absolute atomic E-state index is 9.61. The van der Waals surface area contributed by atoms with Gasteiger partial charge >= 0.3 is 0 Å². The second-order valence-corrected chi connectivity index (χ2v) is 6.89. The third-order valence-electron chi connectivity index (χ3n) is 4.77. The van der Waals surface area contributed by atoms with E-state index in [1.807, 2.05) is 18.4 Å². The summed E-state index contributed by atoms with van der Waals surface area (Å²) in [5.74, 6) is -0.673. The Bertz CT molecular complexity index is 754. The fourth-order valence-electron chi connectivity index (χ4n) is 3.52. The molecule has 0 bridgehead atoms. The summed E-state index contributed by atoms with van der Waals surface area (Å²) in [6.45, 7) is 7.84. The molecular formula is C17H22N2O4. The molecule has 4 atom stereocenters. The van der Waals surface area contributed by atoms with Crippen molar-refractivity contribution in [3.05, 3.63) is 29.6 Å². The lowest BCUT2D eigenvalue weighted by molar-refractivity contribution is -0.199. The highest BCUT2D eigenvalue weighted by Crippen LogP contribution is 2.43. The van der Waals surface area contributed by atoms with Crippen LogP contribution in [0.5, 0.6) is 0 Å². The van der Waals surface area contributed by atoms with Gasteiger partial charge in [0.05, 0.1) is 24.0 Å². The SMILES string of the molecule is Cc1cc2ncn(C3OC(CO)C4OC(C)(C)OC43)c2cc1C. The first-order valence-corrected chi connectivity index (χ1v) is 7.95. The van der Waals surface area contributed by atoms with Gasteiger partial charge in [0, 0.05) is 0 Å². The molecule has 2 aliphatic rings. The Hall–Kier alpha value is -1.47. The van der Waals surface area contributed by atoms with Gasteiger partial charge in [0.25, 0.3) is 0 Å². The molecule has 0 aliphatic carbocycles. The maximum atomic E-state index is 9.61. The number of aromatic nitrogens is 2. The molecule has 1 aromatic carbocycles. The summed E-state index contributed by atoms with van der Waals surface area (Å²) in [5, 5.41) is 9.61. The molecule has 2 aromatic rings. The Morgan fingerprint density at radius 2 is 1.87 bits per heavy atom. The average Bonchev–Trinajstić information content (AvgIpc) is 3.10. The van der Waals surface area contributed by atoms with Crippen LogP contribution in [0.1, 0.15) is 31.2 Å². The van der Waals surface area contributed by atoms with Crippen LogP contribution < -0.4 is 0 Å². The van der Waals surface area contributed by atoms with Gasteiger partial charge in [-0.15, -0.1) is 0 Å². The van der Waals surface area contributed by atoms with Crippen LogP contribution in [0.15, 0.2) is 18.5 Å². The van der Waals surface area contributed by atoms with Crippen LogP contribution in [0.3, 0.4) is 0 Å². The zero-order valence-corrected chi connectivity index (χ0v) is 13.8. The fourth-order valence-corrected chi connectivity index (χ4v) is 3.52. The number of aliphatic hydroxyl groups is 1. The fraction of sp³-hybridized carbons (Fsp3) is 0.588. The van der Waals surface area contributed by atoms with Gasteiger partial charge in [-0.3, -0.25) is 0 Å². The molecule has 124 valence electrons. The first-order chi connectivity index (χ1) is 10.9. The standard InChI is InChI=1S/C17H22N2O4/c1-9-5-11-12(6-10(9)2)19(8-18-11)16-15-14(13(7-20)21-16)22-17(3,4)23-15/h5-6,8,13-16,20H,7H2,1-4H3. The number of aryl methyl sites for hydroxylation is 2. The summed E-state index contributed by atoms with van der Waals surface area (Å²) in [6.07, 6.45) is 0.492. The van der Waals surface area contributed by atoms with E-state index in [1.54, 1.807) is 6.33 Å². The Balaban J connectivity index is 1.77. The first-order valence-electron chi connectivity index (χ1n) is 7.95. The molecule has 0 radical (unpaired) electrons. The summed E-state index contributed by atoms with van der Waals surface area (Å²) in [5.41, 5.74) is 4.35. The summed E-state index contributed by atoms with van der Waals surface area (Å²) >= 11 is 0. The lowest BCUT2D eigenvalue weighted by Gasteiger charge is -2.24. The number of aliphatic hydroxyl groups excluding tert-OH is 1. The van der Waals surface area contributed by atoms with Crippen molar-refractivity contribution in [3.63, 3.8) is 0 Å². The smallest absolute Gasteiger partial charge is 0.165 e. The second-order valence-electron chi connectivity index (χ2n) is 6.89. The lowest BCUT2D eigenvalue weighted by atomic mass is 10.1. The van der Waals surface area contributed by atoms with Crippen molar-refractivity contribution in [1.82, 2.24) is 9.55 Å². The summed E-state index contributed by atoms with van der Waals surface area (Å²) in [4.78, 5) is 4.49. The van der Waals surface area contributed by atoms with E-state index in [-0.39, 0.29) is 25.0 Å². The molecule has 2 aliphatic heterocycles. The minimum atomic E-state index is -0.673. The van der Waals surface area contributed by atoms with Crippen molar-refractivity contribution in [3.8, 4) is 0 Å². The van der Waals surface area contributed by atoms with Crippen LogP contribution in [-0.2, 0) is 14.2 Å². The van der Waals surface area contributed by atoms with Crippen molar-refractivity contribution in [2.75, 3.05) is 6.61 Å². The number of benzene rings is 1. The Labute approximate surface area is 135 Å². The molecule has 4 rings (SSSR count). The molecule has 1 aromatic heterocycles. The number of hydrogen-bond donors (Lipinski definition) is 1. The van der Waals surface area contributed by atoms with Gasteiger partial charge in [-0.05, 0) is 51.0 Å². The van der Waals surface area contributed by atoms with Gasteiger partial charge in [0.2, 0.25) is 0 Å². The van der Waals surface area contributed by atoms with Gasteiger partial charge in [0.15, 0.2) is 12.0 Å². The van der Waals surface area contributed by atoms with Gasteiger partial charge in [-0.2, -0.15) is 0 Å². The Morgan fingerprint density at radius 3 is 2.61 bits per heavy atom. The van der Waals surface area contributed by atoms with Crippen LogP contribution in [0.25, 0.3) is 11.0 Å². The largest absolute Gasteiger partial charge is 0.394 e. The second kappa shape index (κ2) is 5.01. The molecule has 2 saturated heterocycles. The topological polar surface area (TPSA) is 65.7 Å². The van der Waals surface area contributed by atoms with Crippen molar-refractivity contribution in [2.45, 2.75) is 58.0 Å². The van der Waals surface area contributed by atoms with Crippen LogP contribution in [-0.4, -0.2) is 45.4 Å². The molecule has 23 heavy (non-hydrogen) atoms. The van der Waals surface area contributed by atoms with Crippen LogP contribution in [0.2, 0.25) is 0 Å². The number of hydrogen-bond acceptors (Lipinski definition) is 5. The van der Waals surface area contributed by atoms with Crippen molar-refractivity contribution < 1.29 is 19.3 Å². The van der Waals surface area contributed by atoms with Crippen LogP contribution >= 0.6 is 0 Å². The van der Waals surface area contributed by atoms with Crippen LogP contribution in [0, 0.1) is 13.8 Å². The molecule has 6 nitrogen and oxygen atoms in total. The molecule has 1 N–H and O–H groups in total. The monoisotopic (exact) mass is 318 g/mol. The number of fused-ring (bicyclic) bond motifs is 2. The van der Waals surface area contributed by atoms with Gasteiger partial charge in [0.1, 0.15) is 18.3 Å². The van der Waals surface area contributed by atoms with Crippen molar-refractivity contribution in [2.24, 2.45) is 0 Å². The zero-order chi connectivity index (χ0) is 16.4. The molecule has 2 fully saturated rings. The summed E-state index contributed by atoms with van der Waals surface area (Å²) in [6, 6.07) is 4.19.